The number of aliphatic hydroxyl groups excluding tert-OH is 1. The van der Waals surface area contributed by atoms with Gasteiger partial charge in [0.05, 0.1) is 12.2 Å². The van der Waals surface area contributed by atoms with Gasteiger partial charge in [0, 0.05) is 13.2 Å². The van der Waals surface area contributed by atoms with Crippen LogP contribution in [0.1, 0.15) is 43.4 Å². The summed E-state index contributed by atoms with van der Waals surface area (Å²) < 4.78 is 43.9. The Morgan fingerprint density at radius 1 is 1.30 bits per heavy atom. The van der Waals surface area contributed by atoms with E-state index in [1.165, 1.54) is 6.07 Å². The monoisotopic (exact) mass is 330 g/mol. The van der Waals surface area contributed by atoms with E-state index in [-0.39, 0.29) is 6.61 Å². The first-order valence-corrected chi connectivity index (χ1v) is 8.24. The van der Waals surface area contributed by atoms with Crippen LogP contribution in [0.5, 0.6) is 0 Å². The van der Waals surface area contributed by atoms with E-state index in [0.29, 0.717) is 29.7 Å². The third kappa shape index (κ3) is 4.48. The van der Waals surface area contributed by atoms with Crippen LogP contribution in [0.25, 0.3) is 0 Å². The predicted molar refractivity (Wildman–Crippen MR) is 82.9 cm³/mol. The SMILES string of the molecule is CCC(Cc1ccc(C(F)(F)F)cc1CO)C(C)C1CCOC1. The number of aliphatic hydroxyl groups is 1. The zero-order valence-corrected chi connectivity index (χ0v) is 13.7. The first kappa shape index (κ1) is 18.3. The van der Waals surface area contributed by atoms with Gasteiger partial charge in [0.25, 0.3) is 0 Å². The molecule has 0 saturated carbocycles. The van der Waals surface area contributed by atoms with Gasteiger partial charge in [-0.15, -0.1) is 0 Å². The molecule has 1 aliphatic heterocycles. The molecular formula is C18H25F3O2. The van der Waals surface area contributed by atoms with Crippen LogP contribution in [-0.2, 0) is 23.9 Å². The second-order valence-corrected chi connectivity index (χ2v) is 6.49. The van der Waals surface area contributed by atoms with Crippen molar-refractivity contribution in [3.8, 4) is 0 Å². The zero-order valence-electron chi connectivity index (χ0n) is 13.7. The van der Waals surface area contributed by atoms with Gasteiger partial charge in [0.15, 0.2) is 0 Å². The lowest BCUT2D eigenvalue weighted by Crippen LogP contribution is -2.23. The summed E-state index contributed by atoms with van der Waals surface area (Å²) in [4.78, 5) is 0. The fourth-order valence-corrected chi connectivity index (χ4v) is 3.49. The number of rotatable bonds is 6. The lowest BCUT2D eigenvalue weighted by molar-refractivity contribution is -0.137. The van der Waals surface area contributed by atoms with E-state index >= 15 is 0 Å². The normalized spacial score (nSPS) is 21.4. The largest absolute Gasteiger partial charge is 0.416 e. The minimum absolute atomic E-state index is 0.364. The lowest BCUT2D eigenvalue weighted by Gasteiger charge is -2.28. The van der Waals surface area contributed by atoms with E-state index < -0.39 is 11.7 Å². The van der Waals surface area contributed by atoms with E-state index in [2.05, 4.69) is 13.8 Å². The number of hydrogen-bond donors (Lipinski definition) is 1. The van der Waals surface area contributed by atoms with Crippen molar-refractivity contribution < 1.29 is 23.0 Å². The Morgan fingerprint density at radius 2 is 2.04 bits per heavy atom. The molecule has 2 nitrogen and oxygen atoms in total. The Morgan fingerprint density at radius 3 is 2.57 bits per heavy atom. The molecule has 1 aromatic carbocycles. The molecule has 1 fully saturated rings. The highest BCUT2D eigenvalue weighted by Crippen LogP contribution is 2.34. The zero-order chi connectivity index (χ0) is 17.0. The maximum Gasteiger partial charge on any atom is 0.416 e. The Balaban J connectivity index is 2.16. The van der Waals surface area contributed by atoms with Crippen LogP contribution in [0.15, 0.2) is 18.2 Å². The van der Waals surface area contributed by atoms with Crippen molar-refractivity contribution in [1.29, 1.82) is 0 Å². The van der Waals surface area contributed by atoms with Crippen LogP contribution >= 0.6 is 0 Å². The van der Waals surface area contributed by atoms with Crippen LogP contribution in [0.4, 0.5) is 13.2 Å². The van der Waals surface area contributed by atoms with Crippen molar-refractivity contribution >= 4 is 0 Å². The third-order valence-electron chi connectivity index (χ3n) is 5.16. The minimum atomic E-state index is -4.37. The van der Waals surface area contributed by atoms with Crippen molar-refractivity contribution in [3.05, 3.63) is 34.9 Å². The second-order valence-electron chi connectivity index (χ2n) is 6.49. The summed E-state index contributed by atoms with van der Waals surface area (Å²) in [6.07, 6.45) is -1.66. The highest BCUT2D eigenvalue weighted by atomic mass is 19.4. The number of alkyl halides is 3. The van der Waals surface area contributed by atoms with Crippen molar-refractivity contribution in [2.24, 2.45) is 17.8 Å². The molecule has 0 aliphatic carbocycles. The maximum atomic E-state index is 12.8. The number of ether oxygens (including phenoxy) is 1. The average molecular weight is 330 g/mol. The summed E-state index contributed by atoms with van der Waals surface area (Å²) in [5.74, 6) is 1.35. The Hall–Kier alpha value is -1.07. The van der Waals surface area contributed by atoms with Gasteiger partial charge in [-0.1, -0.05) is 26.3 Å². The molecule has 1 aromatic rings. The third-order valence-corrected chi connectivity index (χ3v) is 5.16. The van der Waals surface area contributed by atoms with E-state index in [4.69, 9.17) is 4.74 Å². The first-order valence-electron chi connectivity index (χ1n) is 8.24. The summed E-state index contributed by atoms with van der Waals surface area (Å²) in [5.41, 5.74) is 0.502. The van der Waals surface area contributed by atoms with E-state index in [9.17, 15) is 18.3 Å². The standard InChI is InChI=1S/C18H25F3O2/c1-3-13(12(2)15-6-7-23-11-15)8-14-4-5-17(18(19,20)21)9-16(14)10-22/h4-5,9,12-13,15,22H,3,6-8,10-11H2,1-2H3. The molecule has 5 heteroatoms. The fraction of sp³-hybridized carbons (Fsp3) is 0.667. The molecular weight excluding hydrogens is 305 g/mol. The van der Waals surface area contributed by atoms with Crippen molar-refractivity contribution in [3.63, 3.8) is 0 Å². The van der Waals surface area contributed by atoms with Crippen LogP contribution in [0, 0.1) is 17.8 Å². The molecule has 1 saturated heterocycles. The van der Waals surface area contributed by atoms with Crippen LogP contribution in [0.3, 0.4) is 0 Å². The number of hydrogen-bond acceptors (Lipinski definition) is 2. The highest BCUT2D eigenvalue weighted by molar-refractivity contribution is 5.33. The number of halogens is 3. The first-order chi connectivity index (χ1) is 10.9. The Labute approximate surface area is 135 Å². The number of benzene rings is 1. The molecule has 130 valence electrons. The molecule has 0 bridgehead atoms. The molecule has 1 aliphatic rings. The van der Waals surface area contributed by atoms with Crippen LogP contribution < -0.4 is 0 Å². The van der Waals surface area contributed by atoms with Gasteiger partial charge in [-0.05, 0) is 53.9 Å². The summed E-state index contributed by atoms with van der Waals surface area (Å²) in [6, 6.07) is 3.71. The Bertz CT molecular complexity index is 507. The van der Waals surface area contributed by atoms with E-state index in [1.807, 2.05) is 0 Å². The van der Waals surface area contributed by atoms with Crippen LogP contribution in [0.2, 0.25) is 0 Å². The summed E-state index contributed by atoms with van der Waals surface area (Å²) >= 11 is 0. The molecule has 0 spiro atoms. The van der Waals surface area contributed by atoms with Gasteiger partial charge < -0.3 is 9.84 Å². The molecule has 0 amide bonds. The smallest absolute Gasteiger partial charge is 0.392 e. The van der Waals surface area contributed by atoms with Gasteiger partial charge in [0.1, 0.15) is 0 Å². The molecule has 23 heavy (non-hydrogen) atoms. The molecule has 0 radical (unpaired) electrons. The fourth-order valence-electron chi connectivity index (χ4n) is 3.49. The minimum Gasteiger partial charge on any atom is -0.392 e. The van der Waals surface area contributed by atoms with Crippen LogP contribution in [-0.4, -0.2) is 18.3 Å². The van der Waals surface area contributed by atoms with Crippen molar-refractivity contribution in [2.75, 3.05) is 13.2 Å². The van der Waals surface area contributed by atoms with Crippen molar-refractivity contribution in [1.82, 2.24) is 0 Å². The van der Waals surface area contributed by atoms with Gasteiger partial charge in [-0.2, -0.15) is 13.2 Å². The van der Waals surface area contributed by atoms with Gasteiger partial charge >= 0.3 is 6.18 Å². The molecule has 3 unspecified atom stereocenters. The van der Waals surface area contributed by atoms with E-state index in [1.54, 1.807) is 0 Å². The van der Waals surface area contributed by atoms with Gasteiger partial charge in [0.2, 0.25) is 0 Å². The second kappa shape index (κ2) is 7.67. The summed E-state index contributed by atoms with van der Waals surface area (Å²) in [5, 5.41) is 9.46. The molecule has 2 rings (SSSR count). The summed E-state index contributed by atoms with van der Waals surface area (Å²) in [6.45, 7) is 5.53. The molecule has 1 N–H and O–H groups in total. The molecule has 1 heterocycles. The van der Waals surface area contributed by atoms with Gasteiger partial charge in [-0.3, -0.25) is 0 Å². The highest BCUT2D eigenvalue weighted by Gasteiger charge is 2.32. The maximum absolute atomic E-state index is 12.8. The predicted octanol–water partition coefficient (Wildman–Crippen LogP) is 4.44. The van der Waals surface area contributed by atoms with E-state index in [0.717, 1.165) is 43.8 Å². The average Bonchev–Trinajstić information content (AvgIpc) is 3.05. The Kier molecular flexibility index (Phi) is 6.09. The van der Waals surface area contributed by atoms with Gasteiger partial charge in [-0.25, -0.2) is 0 Å². The quantitative estimate of drug-likeness (QED) is 0.835. The topological polar surface area (TPSA) is 29.5 Å². The summed E-state index contributed by atoms with van der Waals surface area (Å²) in [7, 11) is 0. The molecule has 3 atom stereocenters. The van der Waals surface area contributed by atoms with Crippen molar-refractivity contribution in [2.45, 2.75) is 45.9 Å². The molecule has 0 aromatic heterocycles. The lowest BCUT2D eigenvalue weighted by atomic mass is 9.77.